The Hall–Kier alpha value is -6.26. The summed E-state index contributed by atoms with van der Waals surface area (Å²) >= 11 is 0. The van der Waals surface area contributed by atoms with Crippen LogP contribution in [0, 0.1) is 0 Å². The van der Waals surface area contributed by atoms with Crippen molar-refractivity contribution >= 4 is 56.9 Å². The first kappa shape index (κ1) is 28.5. The molecule has 46 heavy (non-hydrogen) atoms. The van der Waals surface area contributed by atoms with Crippen molar-refractivity contribution in [1.29, 1.82) is 0 Å². The Labute approximate surface area is 270 Å². The lowest BCUT2D eigenvalue weighted by Crippen LogP contribution is -2.12. The molecule has 222 valence electrons. The van der Waals surface area contributed by atoms with E-state index >= 15 is 0 Å². The van der Waals surface area contributed by atoms with Gasteiger partial charge in [0, 0.05) is 22.7 Å². The fourth-order valence-corrected chi connectivity index (χ4v) is 5.70. The standard InChI is InChI=1S/C42H34N4/c1-5-19-33(20-6-1)45(34-21-7-2-8-22-34)41-31-17-15-29-39(41)43-37-27-13-14-28-38(37)44-40-30-16-18-32-42(40)46(35-23-9-3-10-24-35)36-25-11-4-12-26-36/h1-32,43-44H. The maximum absolute atomic E-state index is 3.78. The molecule has 0 unspecified atom stereocenters. The predicted octanol–water partition coefficient (Wildman–Crippen LogP) is 12.1. The molecule has 0 saturated heterocycles. The lowest BCUT2D eigenvalue weighted by Gasteiger charge is -2.29. The van der Waals surface area contributed by atoms with Gasteiger partial charge in [0.05, 0.1) is 34.1 Å². The van der Waals surface area contributed by atoms with Crippen LogP contribution in [0.25, 0.3) is 0 Å². The Morgan fingerprint density at radius 1 is 0.239 bits per heavy atom. The van der Waals surface area contributed by atoms with Crippen molar-refractivity contribution in [2.45, 2.75) is 0 Å². The number of rotatable bonds is 10. The normalized spacial score (nSPS) is 10.6. The summed E-state index contributed by atoms with van der Waals surface area (Å²) in [5, 5.41) is 7.55. The second kappa shape index (κ2) is 13.6. The lowest BCUT2D eigenvalue weighted by molar-refractivity contribution is 1.28. The van der Waals surface area contributed by atoms with Crippen LogP contribution < -0.4 is 20.4 Å². The molecular weight excluding hydrogens is 560 g/mol. The number of hydrogen-bond donors (Lipinski definition) is 2. The van der Waals surface area contributed by atoms with Crippen LogP contribution in [0.3, 0.4) is 0 Å². The van der Waals surface area contributed by atoms with Gasteiger partial charge in [-0.25, -0.2) is 0 Å². The monoisotopic (exact) mass is 594 g/mol. The van der Waals surface area contributed by atoms with E-state index in [9.17, 15) is 0 Å². The average molecular weight is 595 g/mol. The maximum atomic E-state index is 3.78. The van der Waals surface area contributed by atoms with Crippen LogP contribution in [-0.4, -0.2) is 0 Å². The summed E-state index contributed by atoms with van der Waals surface area (Å²) in [6, 6.07) is 67.2. The number of hydrogen-bond acceptors (Lipinski definition) is 4. The van der Waals surface area contributed by atoms with Gasteiger partial charge in [-0.2, -0.15) is 0 Å². The first-order chi connectivity index (χ1) is 22.8. The van der Waals surface area contributed by atoms with Crippen LogP contribution in [0.1, 0.15) is 0 Å². The van der Waals surface area contributed by atoms with Crippen molar-refractivity contribution in [1.82, 2.24) is 0 Å². The number of para-hydroxylation sites is 10. The van der Waals surface area contributed by atoms with E-state index in [-0.39, 0.29) is 0 Å². The van der Waals surface area contributed by atoms with Gasteiger partial charge in [0.2, 0.25) is 0 Å². The highest BCUT2D eigenvalue weighted by atomic mass is 15.2. The summed E-state index contributed by atoms with van der Waals surface area (Å²) in [5.74, 6) is 0. The second-order valence-electron chi connectivity index (χ2n) is 10.8. The molecule has 0 fully saturated rings. The highest BCUT2D eigenvalue weighted by molar-refractivity contribution is 5.91. The van der Waals surface area contributed by atoms with Gasteiger partial charge in [-0.1, -0.05) is 109 Å². The molecule has 2 N–H and O–H groups in total. The van der Waals surface area contributed by atoms with Crippen LogP contribution in [-0.2, 0) is 0 Å². The van der Waals surface area contributed by atoms with Crippen LogP contribution >= 0.6 is 0 Å². The van der Waals surface area contributed by atoms with E-state index in [0.717, 1.165) is 56.9 Å². The smallest absolute Gasteiger partial charge is 0.0696 e. The molecule has 0 radical (unpaired) electrons. The Kier molecular flexibility index (Phi) is 8.42. The highest BCUT2D eigenvalue weighted by Gasteiger charge is 2.18. The molecule has 0 spiro atoms. The minimum Gasteiger partial charge on any atom is -0.352 e. The SMILES string of the molecule is c1ccc(N(c2ccccc2)c2ccccc2Nc2ccccc2Nc2ccccc2N(c2ccccc2)c2ccccc2)cc1. The molecule has 0 aromatic heterocycles. The third-order valence-corrected chi connectivity index (χ3v) is 7.81. The molecule has 0 amide bonds. The van der Waals surface area contributed by atoms with E-state index in [1.54, 1.807) is 0 Å². The number of benzene rings is 7. The summed E-state index contributed by atoms with van der Waals surface area (Å²) in [7, 11) is 0. The molecule has 0 aliphatic carbocycles. The van der Waals surface area contributed by atoms with Gasteiger partial charge in [-0.05, 0) is 84.9 Å². The molecule has 0 aliphatic rings. The van der Waals surface area contributed by atoms with E-state index < -0.39 is 0 Å². The van der Waals surface area contributed by atoms with Crippen molar-refractivity contribution in [3.63, 3.8) is 0 Å². The zero-order valence-corrected chi connectivity index (χ0v) is 25.4. The van der Waals surface area contributed by atoms with Crippen molar-refractivity contribution in [2.75, 3.05) is 20.4 Å². The van der Waals surface area contributed by atoms with Gasteiger partial charge in [0.25, 0.3) is 0 Å². The molecule has 7 aromatic carbocycles. The summed E-state index contributed by atoms with van der Waals surface area (Å²) in [6.45, 7) is 0. The Morgan fingerprint density at radius 3 is 0.783 bits per heavy atom. The van der Waals surface area contributed by atoms with Crippen molar-refractivity contribution in [3.05, 3.63) is 194 Å². The third kappa shape index (κ3) is 6.19. The summed E-state index contributed by atoms with van der Waals surface area (Å²) < 4.78 is 0. The van der Waals surface area contributed by atoms with E-state index in [0.29, 0.717) is 0 Å². The molecule has 0 saturated carbocycles. The number of nitrogens with zero attached hydrogens (tertiary/aromatic N) is 2. The zero-order valence-electron chi connectivity index (χ0n) is 25.4. The summed E-state index contributed by atoms with van der Waals surface area (Å²) in [5.41, 5.74) is 10.4. The van der Waals surface area contributed by atoms with Gasteiger partial charge in [-0.3, -0.25) is 0 Å². The molecular formula is C42H34N4. The quantitative estimate of drug-likeness (QED) is 0.165. The third-order valence-electron chi connectivity index (χ3n) is 7.81. The van der Waals surface area contributed by atoms with E-state index in [1.807, 2.05) is 24.3 Å². The van der Waals surface area contributed by atoms with Crippen LogP contribution in [0.4, 0.5) is 56.9 Å². The first-order valence-corrected chi connectivity index (χ1v) is 15.5. The molecule has 4 nitrogen and oxygen atoms in total. The van der Waals surface area contributed by atoms with Crippen molar-refractivity contribution < 1.29 is 0 Å². The topological polar surface area (TPSA) is 30.5 Å². The zero-order chi connectivity index (χ0) is 31.0. The van der Waals surface area contributed by atoms with E-state index in [4.69, 9.17) is 0 Å². The van der Waals surface area contributed by atoms with Gasteiger partial charge in [-0.15, -0.1) is 0 Å². The molecule has 0 bridgehead atoms. The van der Waals surface area contributed by atoms with Gasteiger partial charge in [0.15, 0.2) is 0 Å². The molecule has 7 rings (SSSR count). The molecule has 0 aliphatic heterocycles. The minimum absolute atomic E-state index is 0.969. The van der Waals surface area contributed by atoms with E-state index in [1.165, 1.54) is 0 Å². The summed E-state index contributed by atoms with van der Waals surface area (Å²) in [6.07, 6.45) is 0. The van der Waals surface area contributed by atoms with E-state index in [2.05, 4.69) is 190 Å². The van der Waals surface area contributed by atoms with Crippen LogP contribution in [0.15, 0.2) is 194 Å². The Balaban J connectivity index is 1.27. The fraction of sp³-hybridized carbons (Fsp3) is 0. The number of nitrogens with one attached hydrogen (secondary N) is 2. The molecule has 0 heterocycles. The largest absolute Gasteiger partial charge is 0.352 e. The average Bonchev–Trinajstić information content (AvgIpc) is 3.13. The Bertz CT molecular complexity index is 1770. The van der Waals surface area contributed by atoms with Crippen LogP contribution in [0.2, 0.25) is 0 Å². The molecule has 7 aromatic rings. The lowest BCUT2D eigenvalue weighted by atomic mass is 10.1. The fourth-order valence-electron chi connectivity index (χ4n) is 5.70. The van der Waals surface area contributed by atoms with Gasteiger partial charge in [0.1, 0.15) is 0 Å². The van der Waals surface area contributed by atoms with Crippen molar-refractivity contribution in [2.24, 2.45) is 0 Å². The van der Waals surface area contributed by atoms with Gasteiger partial charge < -0.3 is 20.4 Å². The Morgan fingerprint density at radius 2 is 0.478 bits per heavy atom. The second-order valence-corrected chi connectivity index (χ2v) is 10.8. The number of anilines is 10. The van der Waals surface area contributed by atoms with Crippen molar-refractivity contribution in [3.8, 4) is 0 Å². The summed E-state index contributed by atoms with van der Waals surface area (Å²) in [4.78, 5) is 4.57. The first-order valence-electron chi connectivity index (χ1n) is 15.5. The van der Waals surface area contributed by atoms with Crippen LogP contribution in [0.5, 0.6) is 0 Å². The molecule has 4 heteroatoms. The predicted molar refractivity (Wildman–Crippen MR) is 195 cm³/mol. The highest BCUT2D eigenvalue weighted by Crippen LogP contribution is 2.43. The minimum atomic E-state index is 0.969. The van der Waals surface area contributed by atoms with Gasteiger partial charge >= 0.3 is 0 Å². The maximum Gasteiger partial charge on any atom is 0.0696 e. The molecule has 0 atom stereocenters.